The Labute approximate surface area is 166 Å². The highest BCUT2D eigenvalue weighted by atomic mass is 32.2. The predicted molar refractivity (Wildman–Crippen MR) is 112 cm³/mol. The van der Waals surface area contributed by atoms with Gasteiger partial charge in [0.25, 0.3) is 5.56 Å². The van der Waals surface area contributed by atoms with Crippen LogP contribution in [0.1, 0.15) is 47.0 Å². The van der Waals surface area contributed by atoms with Crippen LogP contribution in [0.3, 0.4) is 0 Å². The molecule has 4 rings (SSSR count). The average Bonchev–Trinajstić information content (AvgIpc) is 3.27. The standard InChI is InChI=1S/C21H22N2O2S2/c1-2-3-12-23-20(25)18-15-10-7-11-17(15)27-19(18)22-21(23)26-13-16(24)14-8-5-4-6-9-14/h4-6,8-9H,2-3,7,10-13H2,1H3. The van der Waals surface area contributed by atoms with E-state index in [-0.39, 0.29) is 11.3 Å². The van der Waals surface area contributed by atoms with Crippen molar-refractivity contribution in [1.82, 2.24) is 9.55 Å². The van der Waals surface area contributed by atoms with Gasteiger partial charge in [-0.3, -0.25) is 14.2 Å². The molecular formula is C21H22N2O2S2. The van der Waals surface area contributed by atoms with Crippen molar-refractivity contribution in [2.24, 2.45) is 0 Å². The maximum atomic E-state index is 13.2. The molecule has 0 aliphatic heterocycles. The SMILES string of the molecule is CCCCn1c(SCC(=O)c2ccccc2)nc2sc3c(c2c1=O)CCC3. The van der Waals surface area contributed by atoms with Gasteiger partial charge in [0, 0.05) is 17.0 Å². The van der Waals surface area contributed by atoms with Gasteiger partial charge in [-0.1, -0.05) is 55.4 Å². The molecule has 1 aliphatic carbocycles. The number of fused-ring (bicyclic) bond motifs is 3. The van der Waals surface area contributed by atoms with Crippen LogP contribution in [-0.4, -0.2) is 21.1 Å². The Kier molecular flexibility index (Phi) is 5.45. The number of thioether (sulfide) groups is 1. The fraction of sp³-hybridized carbons (Fsp3) is 0.381. The van der Waals surface area contributed by atoms with Crippen LogP contribution >= 0.6 is 23.1 Å². The number of hydrogen-bond acceptors (Lipinski definition) is 5. The van der Waals surface area contributed by atoms with Crippen LogP contribution in [0.15, 0.2) is 40.3 Å². The second kappa shape index (κ2) is 7.98. The molecule has 0 amide bonds. The highest BCUT2D eigenvalue weighted by Crippen LogP contribution is 2.35. The zero-order valence-electron chi connectivity index (χ0n) is 15.4. The summed E-state index contributed by atoms with van der Waals surface area (Å²) in [6.45, 7) is 2.77. The van der Waals surface area contributed by atoms with E-state index in [0.29, 0.717) is 23.0 Å². The predicted octanol–water partition coefficient (Wildman–Crippen LogP) is 4.72. The van der Waals surface area contributed by atoms with Gasteiger partial charge in [-0.05, 0) is 31.2 Å². The number of rotatable bonds is 7. The Morgan fingerprint density at radius 2 is 2.07 bits per heavy atom. The van der Waals surface area contributed by atoms with Crippen molar-refractivity contribution >= 4 is 39.1 Å². The highest BCUT2D eigenvalue weighted by Gasteiger charge is 2.23. The first-order chi connectivity index (χ1) is 13.2. The Morgan fingerprint density at radius 1 is 1.26 bits per heavy atom. The molecule has 0 radical (unpaired) electrons. The van der Waals surface area contributed by atoms with E-state index in [1.165, 1.54) is 22.2 Å². The number of aromatic nitrogens is 2. The molecular weight excluding hydrogens is 376 g/mol. The van der Waals surface area contributed by atoms with Crippen LogP contribution in [0.4, 0.5) is 0 Å². The van der Waals surface area contributed by atoms with E-state index < -0.39 is 0 Å². The van der Waals surface area contributed by atoms with Crippen molar-refractivity contribution in [3.05, 3.63) is 56.7 Å². The monoisotopic (exact) mass is 398 g/mol. The molecule has 0 atom stereocenters. The second-order valence-electron chi connectivity index (χ2n) is 6.82. The van der Waals surface area contributed by atoms with E-state index >= 15 is 0 Å². The quantitative estimate of drug-likeness (QED) is 0.328. The molecule has 1 aromatic carbocycles. The molecule has 0 fully saturated rings. The molecule has 1 aliphatic rings. The molecule has 27 heavy (non-hydrogen) atoms. The molecule has 2 aromatic heterocycles. The molecule has 2 heterocycles. The number of Topliss-reactive ketones (excluding diaryl/α,β-unsaturated/α-hetero) is 1. The summed E-state index contributed by atoms with van der Waals surface area (Å²) < 4.78 is 1.79. The van der Waals surface area contributed by atoms with Gasteiger partial charge < -0.3 is 0 Å². The van der Waals surface area contributed by atoms with E-state index in [1.54, 1.807) is 15.9 Å². The number of unbranched alkanes of at least 4 members (excludes halogenated alkanes) is 1. The van der Waals surface area contributed by atoms with E-state index in [0.717, 1.165) is 42.3 Å². The fourth-order valence-corrected chi connectivity index (χ4v) is 5.74. The Bertz CT molecular complexity index is 1040. The van der Waals surface area contributed by atoms with Gasteiger partial charge in [0.15, 0.2) is 10.9 Å². The first kappa shape index (κ1) is 18.4. The molecule has 0 saturated heterocycles. The fourth-order valence-electron chi connectivity index (χ4n) is 3.52. The Balaban J connectivity index is 1.68. The minimum atomic E-state index is 0.0608. The van der Waals surface area contributed by atoms with Crippen molar-refractivity contribution in [3.63, 3.8) is 0 Å². The number of hydrogen-bond donors (Lipinski definition) is 0. The van der Waals surface area contributed by atoms with Gasteiger partial charge in [0.2, 0.25) is 0 Å². The summed E-state index contributed by atoms with van der Waals surface area (Å²) in [4.78, 5) is 32.7. The number of carbonyl (C=O) groups is 1. The molecule has 140 valence electrons. The van der Waals surface area contributed by atoms with E-state index in [9.17, 15) is 9.59 Å². The maximum absolute atomic E-state index is 13.2. The minimum absolute atomic E-state index is 0.0608. The molecule has 0 spiro atoms. The summed E-state index contributed by atoms with van der Waals surface area (Å²) in [6.07, 6.45) is 5.12. The minimum Gasteiger partial charge on any atom is -0.293 e. The molecule has 0 unspecified atom stereocenters. The van der Waals surface area contributed by atoms with Crippen LogP contribution < -0.4 is 5.56 Å². The third-order valence-electron chi connectivity index (χ3n) is 4.95. The highest BCUT2D eigenvalue weighted by molar-refractivity contribution is 7.99. The summed E-state index contributed by atoms with van der Waals surface area (Å²) in [7, 11) is 0. The third-order valence-corrected chi connectivity index (χ3v) is 7.12. The van der Waals surface area contributed by atoms with Crippen molar-refractivity contribution in [2.75, 3.05) is 5.75 Å². The maximum Gasteiger partial charge on any atom is 0.263 e. The molecule has 4 nitrogen and oxygen atoms in total. The Hall–Kier alpha value is -1.92. The lowest BCUT2D eigenvalue weighted by Crippen LogP contribution is -2.24. The number of carbonyl (C=O) groups excluding carboxylic acids is 1. The second-order valence-corrected chi connectivity index (χ2v) is 8.85. The molecule has 0 N–H and O–H groups in total. The third kappa shape index (κ3) is 3.60. The van der Waals surface area contributed by atoms with Gasteiger partial charge in [0.05, 0.1) is 11.1 Å². The first-order valence-corrected chi connectivity index (χ1v) is 11.3. The number of benzene rings is 1. The molecule has 0 saturated carbocycles. The number of aryl methyl sites for hydroxylation is 2. The van der Waals surface area contributed by atoms with Gasteiger partial charge in [-0.25, -0.2) is 4.98 Å². The molecule has 6 heteroatoms. The first-order valence-electron chi connectivity index (χ1n) is 9.45. The molecule has 3 aromatic rings. The van der Waals surface area contributed by atoms with Gasteiger partial charge in [-0.2, -0.15) is 0 Å². The topological polar surface area (TPSA) is 52.0 Å². The van der Waals surface area contributed by atoms with Gasteiger partial charge in [0.1, 0.15) is 4.83 Å². The van der Waals surface area contributed by atoms with Crippen LogP contribution in [0.5, 0.6) is 0 Å². The van der Waals surface area contributed by atoms with E-state index in [1.807, 2.05) is 30.3 Å². The van der Waals surface area contributed by atoms with Crippen molar-refractivity contribution in [2.45, 2.75) is 50.7 Å². The average molecular weight is 399 g/mol. The normalized spacial score (nSPS) is 13.2. The zero-order chi connectivity index (χ0) is 18.8. The van der Waals surface area contributed by atoms with E-state index in [2.05, 4.69) is 6.92 Å². The smallest absolute Gasteiger partial charge is 0.263 e. The van der Waals surface area contributed by atoms with Crippen molar-refractivity contribution < 1.29 is 4.79 Å². The summed E-state index contributed by atoms with van der Waals surface area (Å²) >= 11 is 3.03. The Morgan fingerprint density at radius 3 is 2.85 bits per heavy atom. The van der Waals surface area contributed by atoms with Gasteiger partial charge in [-0.15, -0.1) is 11.3 Å². The number of nitrogens with zero attached hydrogens (tertiary/aromatic N) is 2. The van der Waals surface area contributed by atoms with Crippen LogP contribution in [0.2, 0.25) is 0 Å². The summed E-state index contributed by atoms with van der Waals surface area (Å²) in [5, 5.41) is 1.49. The lowest BCUT2D eigenvalue weighted by Gasteiger charge is -2.11. The zero-order valence-corrected chi connectivity index (χ0v) is 17.0. The number of ketones is 1. The van der Waals surface area contributed by atoms with Crippen molar-refractivity contribution in [1.29, 1.82) is 0 Å². The van der Waals surface area contributed by atoms with Crippen LogP contribution in [0.25, 0.3) is 10.2 Å². The number of thiophene rings is 1. The molecule has 0 bridgehead atoms. The van der Waals surface area contributed by atoms with Crippen LogP contribution in [0, 0.1) is 0 Å². The van der Waals surface area contributed by atoms with Gasteiger partial charge >= 0.3 is 0 Å². The van der Waals surface area contributed by atoms with Crippen molar-refractivity contribution in [3.8, 4) is 0 Å². The van der Waals surface area contributed by atoms with Crippen LogP contribution in [-0.2, 0) is 19.4 Å². The van der Waals surface area contributed by atoms with E-state index in [4.69, 9.17) is 4.98 Å². The lowest BCUT2D eigenvalue weighted by atomic mass is 10.2. The largest absolute Gasteiger partial charge is 0.293 e. The summed E-state index contributed by atoms with van der Waals surface area (Å²) in [5.74, 6) is 0.352. The summed E-state index contributed by atoms with van der Waals surface area (Å²) in [6, 6.07) is 9.29. The lowest BCUT2D eigenvalue weighted by molar-refractivity contribution is 0.102. The summed E-state index contributed by atoms with van der Waals surface area (Å²) in [5.41, 5.74) is 1.99.